The van der Waals surface area contributed by atoms with Gasteiger partial charge >= 0.3 is 0 Å². The van der Waals surface area contributed by atoms with Crippen LogP contribution in [0.5, 0.6) is 5.75 Å². The lowest BCUT2D eigenvalue weighted by molar-refractivity contribution is 0.0679. The van der Waals surface area contributed by atoms with Crippen molar-refractivity contribution in [2.45, 2.75) is 25.5 Å². The van der Waals surface area contributed by atoms with Gasteiger partial charge in [-0.1, -0.05) is 6.07 Å². The minimum Gasteiger partial charge on any atom is -0.491 e. The van der Waals surface area contributed by atoms with Gasteiger partial charge in [-0.15, -0.1) is 0 Å². The molecule has 146 valence electrons. The van der Waals surface area contributed by atoms with Gasteiger partial charge in [0.15, 0.2) is 0 Å². The van der Waals surface area contributed by atoms with Crippen LogP contribution in [0.15, 0.2) is 41.5 Å². The quantitative estimate of drug-likeness (QED) is 0.800. The lowest BCUT2D eigenvalue weighted by Crippen LogP contribution is -2.36. The molecule has 3 aliphatic heterocycles. The van der Waals surface area contributed by atoms with Gasteiger partial charge in [0.05, 0.1) is 31.6 Å². The van der Waals surface area contributed by atoms with Crippen molar-refractivity contribution >= 4 is 11.5 Å². The second-order valence-electron chi connectivity index (χ2n) is 7.43. The molecule has 0 N–H and O–H groups in total. The Morgan fingerprint density at radius 3 is 2.89 bits per heavy atom. The zero-order valence-electron chi connectivity index (χ0n) is 16.0. The highest BCUT2D eigenvalue weighted by atomic mass is 16.5. The fourth-order valence-electron chi connectivity index (χ4n) is 4.00. The predicted octanol–water partition coefficient (Wildman–Crippen LogP) is 2.83. The van der Waals surface area contributed by atoms with Crippen molar-refractivity contribution in [2.24, 2.45) is 4.99 Å². The Morgan fingerprint density at radius 2 is 2.04 bits per heavy atom. The molecule has 0 bridgehead atoms. The number of aromatic nitrogens is 1. The first-order chi connectivity index (χ1) is 13.9. The van der Waals surface area contributed by atoms with Crippen molar-refractivity contribution in [3.05, 3.63) is 53.2 Å². The summed E-state index contributed by atoms with van der Waals surface area (Å²) < 4.78 is 17.1. The summed E-state index contributed by atoms with van der Waals surface area (Å²) in [6.07, 6.45) is 4.30. The number of rotatable bonds is 5. The summed E-state index contributed by atoms with van der Waals surface area (Å²) in [7, 11) is 0. The molecular formula is C22H25N3O3. The molecule has 0 amide bonds. The molecule has 1 aromatic heterocycles. The number of anilines is 1. The third-order valence-electron chi connectivity index (χ3n) is 5.56. The molecule has 0 radical (unpaired) electrons. The van der Waals surface area contributed by atoms with Crippen LogP contribution in [-0.2, 0) is 16.0 Å². The fraction of sp³-hybridized carbons (Fsp3) is 0.455. The molecule has 0 spiro atoms. The van der Waals surface area contributed by atoms with E-state index in [2.05, 4.69) is 28.1 Å². The molecular weight excluding hydrogens is 354 g/mol. The molecule has 0 saturated carbocycles. The molecule has 5 rings (SSSR count). The van der Waals surface area contributed by atoms with Crippen molar-refractivity contribution in [3.8, 4) is 5.75 Å². The van der Waals surface area contributed by atoms with Crippen LogP contribution in [0.25, 0.3) is 0 Å². The molecule has 0 aliphatic carbocycles. The molecule has 2 aromatic rings. The van der Waals surface area contributed by atoms with E-state index in [1.807, 2.05) is 18.3 Å². The van der Waals surface area contributed by atoms with Crippen LogP contribution in [0.2, 0.25) is 0 Å². The van der Waals surface area contributed by atoms with Gasteiger partial charge in [-0.05, 0) is 42.7 Å². The van der Waals surface area contributed by atoms with Crippen molar-refractivity contribution in [1.29, 1.82) is 0 Å². The van der Waals surface area contributed by atoms with Crippen molar-refractivity contribution in [1.82, 2.24) is 4.98 Å². The minimum atomic E-state index is 0.220. The summed E-state index contributed by atoms with van der Waals surface area (Å²) in [5, 5.41) is 0. The second kappa shape index (κ2) is 7.89. The normalized spacial score (nSPS) is 21.5. The lowest BCUT2D eigenvalue weighted by atomic mass is 10.0. The van der Waals surface area contributed by atoms with Crippen LogP contribution in [0.4, 0.5) is 5.82 Å². The van der Waals surface area contributed by atoms with Gasteiger partial charge in [0.25, 0.3) is 0 Å². The van der Waals surface area contributed by atoms with Crippen LogP contribution < -0.4 is 9.64 Å². The minimum absolute atomic E-state index is 0.220. The van der Waals surface area contributed by atoms with Crippen LogP contribution >= 0.6 is 0 Å². The van der Waals surface area contributed by atoms with E-state index in [4.69, 9.17) is 19.2 Å². The average Bonchev–Trinajstić information content (AvgIpc) is 3.42. The number of hydrogen-bond donors (Lipinski definition) is 0. The van der Waals surface area contributed by atoms with Gasteiger partial charge in [-0.2, -0.15) is 0 Å². The van der Waals surface area contributed by atoms with Gasteiger partial charge in [0.2, 0.25) is 0 Å². The maximum absolute atomic E-state index is 6.00. The maximum Gasteiger partial charge on any atom is 0.129 e. The Bertz CT molecular complexity index is 871. The number of aliphatic imine (C=N–C) groups is 1. The Labute approximate surface area is 165 Å². The van der Waals surface area contributed by atoms with Gasteiger partial charge in [-0.25, -0.2) is 4.98 Å². The number of pyridine rings is 1. The maximum atomic E-state index is 6.00. The van der Waals surface area contributed by atoms with Crippen molar-refractivity contribution in [2.75, 3.05) is 44.4 Å². The summed E-state index contributed by atoms with van der Waals surface area (Å²) in [6.45, 7) is 5.43. The van der Waals surface area contributed by atoms with E-state index in [0.717, 1.165) is 74.2 Å². The average molecular weight is 379 g/mol. The molecule has 3 aliphatic rings. The Hall–Kier alpha value is -2.44. The first kappa shape index (κ1) is 17.6. The van der Waals surface area contributed by atoms with Gasteiger partial charge in [-0.3, -0.25) is 4.99 Å². The molecule has 1 atom stereocenters. The number of hydrogen-bond acceptors (Lipinski definition) is 6. The molecule has 6 heteroatoms. The van der Waals surface area contributed by atoms with E-state index in [-0.39, 0.29) is 6.10 Å². The van der Waals surface area contributed by atoms with Crippen LogP contribution in [0, 0.1) is 0 Å². The predicted molar refractivity (Wildman–Crippen MR) is 108 cm³/mol. The van der Waals surface area contributed by atoms with E-state index in [1.54, 1.807) is 0 Å². The summed E-state index contributed by atoms with van der Waals surface area (Å²) in [6, 6.07) is 10.5. The second-order valence-corrected chi connectivity index (χ2v) is 7.43. The number of morpholine rings is 1. The summed E-state index contributed by atoms with van der Waals surface area (Å²) in [5.74, 6) is 1.87. The van der Waals surface area contributed by atoms with Gasteiger partial charge in [0.1, 0.15) is 18.2 Å². The summed E-state index contributed by atoms with van der Waals surface area (Å²) in [5.41, 5.74) is 4.52. The molecule has 4 heterocycles. The summed E-state index contributed by atoms with van der Waals surface area (Å²) >= 11 is 0. The van der Waals surface area contributed by atoms with E-state index in [9.17, 15) is 0 Å². The Morgan fingerprint density at radius 1 is 1.11 bits per heavy atom. The van der Waals surface area contributed by atoms with Gasteiger partial charge in [0, 0.05) is 37.0 Å². The molecule has 1 aromatic carbocycles. The fourth-order valence-corrected chi connectivity index (χ4v) is 4.00. The number of benzene rings is 1. The SMILES string of the molecule is c1cc(C2=NCc3ccc(OCC4CCCO4)cc32)cc(N2CCOCC2)n1. The zero-order chi connectivity index (χ0) is 18.8. The third kappa shape index (κ3) is 3.62. The summed E-state index contributed by atoms with van der Waals surface area (Å²) in [4.78, 5) is 11.6. The molecule has 2 saturated heterocycles. The molecule has 1 unspecified atom stereocenters. The first-order valence-electron chi connectivity index (χ1n) is 10.1. The van der Waals surface area contributed by atoms with E-state index in [0.29, 0.717) is 13.2 Å². The van der Waals surface area contributed by atoms with Crippen molar-refractivity contribution in [3.63, 3.8) is 0 Å². The highest BCUT2D eigenvalue weighted by Gasteiger charge is 2.21. The number of fused-ring (bicyclic) bond motifs is 1. The zero-order valence-corrected chi connectivity index (χ0v) is 16.0. The number of nitrogens with zero attached hydrogens (tertiary/aromatic N) is 3. The number of ether oxygens (including phenoxy) is 3. The first-order valence-corrected chi connectivity index (χ1v) is 10.1. The highest BCUT2D eigenvalue weighted by Crippen LogP contribution is 2.28. The smallest absolute Gasteiger partial charge is 0.129 e. The van der Waals surface area contributed by atoms with Crippen molar-refractivity contribution < 1.29 is 14.2 Å². The standard InChI is InChI=1S/C22H25N3O3/c1-2-19(27-9-1)15-28-18-4-3-17-14-24-22(20(17)13-18)16-5-6-23-21(12-16)25-7-10-26-11-8-25/h3-6,12-13,19H,1-2,7-11,14-15H2. The van der Waals surface area contributed by atoms with Crippen LogP contribution in [0.3, 0.4) is 0 Å². The van der Waals surface area contributed by atoms with E-state index in [1.165, 1.54) is 5.56 Å². The third-order valence-corrected chi connectivity index (χ3v) is 5.56. The highest BCUT2D eigenvalue weighted by molar-refractivity contribution is 6.15. The van der Waals surface area contributed by atoms with Crippen LogP contribution in [0.1, 0.15) is 29.5 Å². The van der Waals surface area contributed by atoms with Crippen LogP contribution in [-0.4, -0.2) is 56.3 Å². The Kier molecular flexibility index (Phi) is 4.97. The molecule has 6 nitrogen and oxygen atoms in total. The van der Waals surface area contributed by atoms with E-state index >= 15 is 0 Å². The topological polar surface area (TPSA) is 56.2 Å². The monoisotopic (exact) mass is 379 g/mol. The Balaban J connectivity index is 1.35. The lowest BCUT2D eigenvalue weighted by Gasteiger charge is -2.28. The molecule has 28 heavy (non-hydrogen) atoms. The largest absolute Gasteiger partial charge is 0.491 e. The molecule has 2 fully saturated rings. The van der Waals surface area contributed by atoms with E-state index < -0.39 is 0 Å². The van der Waals surface area contributed by atoms with Gasteiger partial charge < -0.3 is 19.1 Å².